The van der Waals surface area contributed by atoms with Gasteiger partial charge in [0.25, 0.3) is 0 Å². The molecule has 0 aliphatic heterocycles. The van der Waals surface area contributed by atoms with E-state index >= 15 is 0 Å². The molecule has 0 amide bonds. The fraction of sp³-hybridized carbons (Fsp3) is 0.250. The average Bonchev–Trinajstić information content (AvgIpc) is 2.79. The van der Waals surface area contributed by atoms with Crippen LogP contribution in [0.3, 0.4) is 0 Å². The van der Waals surface area contributed by atoms with Gasteiger partial charge in [-0.15, -0.1) is 0 Å². The van der Waals surface area contributed by atoms with Crippen molar-refractivity contribution >= 4 is 11.6 Å². The lowest BCUT2D eigenvalue weighted by atomic mass is 10.2. The third kappa shape index (κ3) is 2.84. The van der Waals surface area contributed by atoms with Gasteiger partial charge in [0.2, 0.25) is 0 Å². The first-order valence-electron chi connectivity index (χ1n) is 5.40. The first kappa shape index (κ1) is 12.1. The Morgan fingerprint density at radius 1 is 1.47 bits per heavy atom. The highest BCUT2D eigenvalue weighted by Crippen LogP contribution is 2.23. The van der Waals surface area contributed by atoms with E-state index < -0.39 is 5.82 Å². The molecule has 0 unspecified atom stereocenters. The van der Waals surface area contributed by atoms with Crippen LogP contribution in [-0.2, 0) is 6.54 Å². The largest absolute Gasteiger partial charge is 0.341 e. The van der Waals surface area contributed by atoms with Crippen molar-refractivity contribution in [3.8, 4) is 11.3 Å². The topological polar surface area (TPSA) is 40.7 Å². The summed E-state index contributed by atoms with van der Waals surface area (Å²) in [5.41, 5.74) is 1.66. The van der Waals surface area contributed by atoms with Crippen molar-refractivity contribution in [1.29, 1.82) is 0 Å². The summed E-state index contributed by atoms with van der Waals surface area (Å²) >= 11 is 5.73. The van der Waals surface area contributed by atoms with Crippen LogP contribution in [0.15, 0.2) is 24.4 Å². The molecule has 17 heavy (non-hydrogen) atoms. The molecule has 1 heterocycles. The van der Waals surface area contributed by atoms with Crippen LogP contribution >= 0.6 is 11.6 Å². The molecule has 0 saturated carbocycles. The fourth-order valence-corrected chi connectivity index (χ4v) is 1.69. The number of hydrogen-bond acceptors (Lipinski definition) is 2. The van der Waals surface area contributed by atoms with E-state index in [0.29, 0.717) is 6.54 Å². The Morgan fingerprint density at radius 2 is 2.29 bits per heavy atom. The van der Waals surface area contributed by atoms with Crippen molar-refractivity contribution in [1.82, 2.24) is 15.3 Å². The SMILES string of the molecule is CCNCc1ncc(-c2ccc(F)c(Cl)c2)[nH]1. The van der Waals surface area contributed by atoms with Gasteiger partial charge in [-0.2, -0.15) is 0 Å². The zero-order valence-corrected chi connectivity index (χ0v) is 10.2. The predicted molar refractivity (Wildman–Crippen MR) is 66.4 cm³/mol. The molecule has 1 aromatic carbocycles. The lowest BCUT2D eigenvalue weighted by molar-refractivity contribution is 0.628. The summed E-state index contributed by atoms with van der Waals surface area (Å²) in [7, 11) is 0. The zero-order chi connectivity index (χ0) is 12.3. The number of nitrogens with one attached hydrogen (secondary N) is 2. The Hall–Kier alpha value is -1.39. The zero-order valence-electron chi connectivity index (χ0n) is 9.43. The summed E-state index contributed by atoms with van der Waals surface area (Å²) < 4.78 is 13.0. The molecule has 2 N–H and O–H groups in total. The minimum Gasteiger partial charge on any atom is -0.341 e. The van der Waals surface area contributed by atoms with Gasteiger partial charge in [-0.3, -0.25) is 0 Å². The Labute approximate surface area is 104 Å². The third-order valence-electron chi connectivity index (χ3n) is 2.40. The van der Waals surface area contributed by atoms with Crippen LogP contribution in [0.2, 0.25) is 5.02 Å². The standard InChI is InChI=1S/C12H13ClFN3/c1-2-15-7-12-16-6-11(17-12)8-3-4-10(14)9(13)5-8/h3-6,15H,2,7H2,1H3,(H,16,17). The lowest BCUT2D eigenvalue weighted by Gasteiger charge is -2.00. The minimum atomic E-state index is -0.414. The van der Waals surface area contributed by atoms with Gasteiger partial charge < -0.3 is 10.3 Å². The highest BCUT2D eigenvalue weighted by Gasteiger charge is 2.06. The molecule has 3 nitrogen and oxygen atoms in total. The smallest absolute Gasteiger partial charge is 0.141 e. The second kappa shape index (κ2) is 5.29. The third-order valence-corrected chi connectivity index (χ3v) is 2.69. The summed E-state index contributed by atoms with van der Waals surface area (Å²) in [5, 5.41) is 3.29. The summed E-state index contributed by atoms with van der Waals surface area (Å²) in [6, 6.07) is 4.61. The Morgan fingerprint density at radius 3 is 3.00 bits per heavy atom. The van der Waals surface area contributed by atoms with Crippen molar-refractivity contribution < 1.29 is 4.39 Å². The number of aromatic nitrogens is 2. The molecule has 2 rings (SSSR count). The fourth-order valence-electron chi connectivity index (χ4n) is 1.51. The van der Waals surface area contributed by atoms with Crippen LogP contribution < -0.4 is 5.32 Å². The van der Waals surface area contributed by atoms with Crippen LogP contribution in [0, 0.1) is 5.82 Å². The molecule has 2 aromatic rings. The number of H-pyrrole nitrogens is 1. The maximum absolute atomic E-state index is 13.0. The Balaban J connectivity index is 2.21. The summed E-state index contributed by atoms with van der Waals surface area (Å²) in [6.07, 6.45) is 1.72. The van der Waals surface area contributed by atoms with Gasteiger partial charge in [-0.1, -0.05) is 18.5 Å². The molecular weight excluding hydrogens is 241 g/mol. The van der Waals surface area contributed by atoms with Gasteiger partial charge in [0.05, 0.1) is 23.5 Å². The molecule has 0 saturated heterocycles. The molecule has 0 aliphatic rings. The first-order valence-corrected chi connectivity index (χ1v) is 5.78. The highest BCUT2D eigenvalue weighted by atomic mass is 35.5. The van der Waals surface area contributed by atoms with Crippen LogP contribution in [0.5, 0.6) is 0 Å². The first-order chi connectivity index (χ1) is 8.20. The van der Waals surface area contributed by atoms with Crippen molar-refractivity contribution in [2.45, 2.75) is 13.5 Å². The Kier molecular flexibility index (Phi) is 3.76. The highest BCUT2D eigenvalue weighted by molar-refractivity contribution is 6.31. The molecule has 0 aliphatic carbocycles. The number of halogens is 2. The number of nitrogens with zero attached hydrogens (tertiary/aromatic N) is 1. The second-order valence-corrected chi connectivity index (χ2v) is 4.06. The quantitative estimate of drug-likeness (QED) is 0.880. The maximum atomic E-state index is 13.0. The molecule has 5 heteroatoms. The normalized spacial score (nSPS) is 10.8. The molecule has 1 aromatic heterocycles. The number of rotatable bonds is 4. The van der Waals surface area contributed by atoms with Crippen molar-refractivity contribution in [2.24, 2.45) is 0 Å². The molecule has 90 valence electrons. The van der Waals surface area contributed by atoms with E-state index in [9.17, 15) is 4.39 Å². The Bertz CT molecular complexity index is 510. The van der Waals surface area contributed by atoms with Gasteiger partial charge in [0, 0.05) is 5.56 Å². The molecule has 0 bridgehead atoms. The van der Waals surface area contributed by atoms with E-state index in [1.54, 1.807) is 18.3 Å². The van der Waals surface area contributed by atoms with E-state index in [0.717, 1.165) is 23.6 Å². The van der Waals surface area contributed by atoms with Crippen molar-refractivity contribution in [3.63, 3.8) is 0 Å². The van der Waals surface area contributed by atoms with Gasteiger partial charge in [-0.25, -0.2) is 9.37 Å². The summed E-state index contributed by atoms with van der Waals surface area (Å²) in [4.78, 5) is 7.38. The van der Waals surface area contributed by atoms with Gasteiger partial charge >= 0.3 is 0 Å². The van der Waals surface area contributed by atoms with Gasteiger partial charge in [-0.05, 0) is 24.7 Å². The molecular formula is C12H13ClFN3. The lowest BCUT2D eigenvalue weighted by Crippen LogP contribution is -2.12. The molecule has 0 fully saturated rings. The molecule has 0 spiro atoms. The predicted octanol–water partition coefficient (Wildman–Crippen LogP) is 2.98. The van der Waals surface area contributed by atoms with Crippen molar-refractivity contribution in [2.75, 3.05) is 6.54 Å². The van der Waals surface area contributed by atoms with E-state index in [4.69, 9.17) is 11.6 Å². The molecule has 0 radical (unpaired) electrons. The average molecular weight is 254 g/mol. The van der Waals surface area contributed by atoms with Crippen molar-refractivity contribution in [3.05, 3.63) is 41.1 Å². The monoisotopic (exact) mass is 253 g/mol. The van der Waals surface area contributed by atoms with E-state index in [1.807, 2.05) is 6.92 Å². The van der Waals surface area contributed by atoms with Gasteiger partial charge in [0.15, 0.2) is 0 Å². The van der Waals surface area contributed by atoms with Crippen LogP contribution in [0.25, 0.3) is 11.3 Å². The van der Waals surface area contributed by atoms with E-state index in [1.165, 1.54) is 6.07 Å². The van der Waals surface area contributed by atoms with E-state index in [-0.39, 0.29) is 5.02 Å². The summed E-state index contributed by atoms with van der Waals surface area (Å²) in [5.74, 6) is 0.435. The number of benzene rings is 1. The molecule has 0 atom stereocenters. The van der Waals surface area contributed by atoms with Crippen LogP contribution in [0.4, 0.5) is 4.39 Å². The second-order valence-electron chi connectivity index (χ2n) is 3.65. The van der Waals surface area contributed by atoms with E-state index in [2.05, 4.69) is 15.3 Å². The van der Waals surface area contributed by atoms with Crippen LogP contribution in [0.1, 0.15) is 12.7 Å². The van der Waals surface area contributed by atoms with Gasteiger partial charge in [0.1, 0.15) is 11.6 Å². The maximum Gasteiger partial charge on any atom is 0.141 e. The number of aromatic amines is 1. The van der Waals surface area contributed by atoms with Crippen LogP contribution in [-0.4, -0.2) is 16.5 Å². The summed E-state index contributed by atoms with van der Waals surface area (Å²) in [6.45, 7) is 3.60. The number of imidazole rings is 1. The number of hydrogen-bond donors (Lipinski definition) is 2. The minimum absolute atomic E-state index is 0.116.